The van der Waals surface area contributed by atoms with Crippen LogP contribution in [0.25, 0.3) is 10.9 Å². The molecule has 0 radical (unpaired) electrons. The molecule has 0 atom stereocenters. The Morgan fingerprint density at radius 3 is 2.88 bits per heavy atom. The minimum atomic E-state index is 0.223. The van der Waals surface area contributed by atoms with E-state index in [-0.39, 0.29) is 12.7 Å². The van der Waals surface area contributed by atoms with Gasteiger partial charge in [-0.2, -0.15) is 4.98 Å². The van der Waals surface area contributed by atoms with Gasteiger partial charge in [0.2, 0.25) is 6.79 Å². The molecule has 3 aromatic rings. The number of oxime groups is 1. The van der Waals surface area contributed by atoms with E-state index in [1.165, 1.54) is 6.33 Å². The number of hydrogen-bond acceptors (Lipinski definition) is 6. The Hall–Kier alpha value is -2.57. The fraction of sp³-hybridized carbons (Fsp3) is 0.0625. The number of ether oxygens (including phenoxy) is 2. The topological polar surface area (TPSA) is 65.8 Å². The average molecular weight is 362 g/mol. The zero-order valence-corrected chi connectivity index (χ0v) is 13.6. The van der Waals surface area contributed by atoms with Crippen molar-refractivity contribution in [1.82, 2.24) is 9.97 Å². The molecule has 2 aromatic carbocycles. The Morgan fingerprint density at radius 2 is 1.96 bits per heavy atom. The molecule has 0 spiro atoms. The molecule has 2 heterocycles. The summed E-state index contributed by atoms with van der Waals surface area (Å²) < 4.78 is 10.6. The quantitative estimate of drug-likeness (QED) is 0.519. The van der Waals surface area contributed by atoms with E-state index in [1.807, 2.05) is 12.1 Å². The second-order valence-electron chi connectivity index (χ2n) is 4.90. The van der Waals surface area contributed by atoms with Gasteiger partial charge in [0.15, 0.2) is 11.5 Å². The van der Waals surface area contributed by atoms with Gasteiger partial charge in [-0.15, -0.1) is 0 Å². The SMILES string of the molecule is Clc1cc(Cl)c2ncnc(ON=Cc3ccc4c(c3)OCO4)c2c1. The van der Waals surface area contributed by atoms with Gasteiger partial charge in [0, 0.05) is 10.6 Å². The highest BCUT2D eigenvalue weighted by molar-refractivity contribution is 6.38. The van der Waals surface area contributed by atoms with E-state index < -0.39 is 0 Å². The van der Waals surface area contributed by atoms with Gasteiger partial charge in [0.25, 0.3) is 5.88 Å². The second-order valence-corrected chi connectivity index (χ2v) is 5.74. The van der Waals surface area contributed by atoms with Crippen LogP contribution in [0.4, 0.5) is 0 Å². The first-order chi connectivity index (χ1) is 11.7. The summed E-state index contributed by atoms with van der Waals surface area (Å²) >= 11 is 12.1. The van der Waals surface area contributed by atoms with Crippen LogP contribution in [0.15, 0.2) is 41.8 Å². The number of fused-ring (bicyclic) bond motifs is 2. The molecule has 0 fully saturated rings. The fourth-order valence-corrected chi connectivity index (χ4v) is 2.81. The van der Waals surface area contributed by atoms with Crippen molar-refractivity contribution >= 4 is 40.3 Å². The summed E-state index contributed by atoms with van der Waals surface area (Å²) in [7, 11) is 0. The molecule has 0 saturated carbocycles. The summed E-state index contributed by atoms with van der Waals surface area (Å²) in [5, 5.41) is 5.42. The zero-order valence-electron chi connectivity index (χ0n) is 12.1. The lowest BCUT2D eigenvalue weighted by molar-refractivity contribution is 0.174. The molecule has 24 heavy (non-hydrogen) atoms. The van der Waals surface area contributed by atoms with Gasteiger partial charge in [0.05, 0.1) is 22.1 Å². The Kier molecular flexibility index (Phi) is 3.84. The van der Waals surface area contributed by atoms with Crippen LogP contribution < -0.4 is 14.3 Å². The van der Waals surface area contributed by atoms with Crippen molar-refractivity contribution in [2.75, 3.05) is 6.79 Å². The Balaban J connectivity index is 1.61. The van der Waals surface area contributed by atoms with Gasteiger partial charge >= 0.3 is 0 Å². The van der Waals surface area contributed by atoms with E-state index in [2.05, 4.69) is 15.1 Å². The van der Waals surface area contributed by atoms with E-state index in [9.17, 15) is 0 Å². The number of benzene rings is 2. The van der Waals surface area contributed by atoms with Crippen LogP contribution in [-0.4, -0.2) is 23.0 Å². The van der Waals surface area contributed by atoms with E-state index in [1.54, 1.807) is 24.4 Å². The fourth-order valence-electron chi connectivity index (χ4n) is 2.27. The molecule has 0 N–H and O–H groups in total. The predicted octanol–water partition coefficient (Wildman–Crippen LogP) is 4.08. The summed E-state index contributed by atoms with van der Waals surface area (Å²) in [6.45, 7) is 0.223. The molecule has 1 aromatic heterocycles. The lowest BCUT2D eigenvalue weighted by Crippen LogP contribution is -1.93. The summed E-state index contributed by atoms with van der Waals surface area (Å²) in [6.07, 6.45) is 2.90. The molecular weight excluding hydrogens is 353 g/mol. The summed E-state index contributed by atoms with van der Waals surface area (Å²) in [6, 6.07) is 8.74. The minimum absolute atomic E-state index is 0.223. The van der Waals surface area contributed by atoms with Crippen molar-refractivity contribution in [3.63, 3.8) is 0 Å². The maximum Gasteiger partial charge on any atom is 0.259 e. The highest BCUT2D eigenvalue weighted by Gasteiger charge is 2.13. The van der Waals surface area contributed by atoms with Gasteiger partial charge < -0.3 is 14.3 Å². The van der Waals surface area contributed by atoms with Crippen LogP contribution in [0.3, 0.4) is 0 Å². The van der Waals surface area contributed by atoms with Crippen molar-refractivity contribution in [3.8, 4) is 17.4 Å². The number of aromatic nitrogens is 2. The highest BCUT2D eigenvalue weighted by atomic mass is 35.5. The Morgan fingerprint density at radius 1 is 1.08 bits per heavy atom. The van der Waals surface area contributed by atoms with Crippen molar-refractivity contribution in [2.24, 2.45) is 5.16 Å². The Bertz CT molecular complexity index is 963. The van der Waals surface area contributed by atoms with Gasteiger partial charge in [-0.25, -0.2) is 4.98 Å². The van der Waals surface area contributed by atoms with E-state index in [0.29, 0.717) is 32.4 Å². The van der Waals surface area contributed by atoms with Crippen LogP contribution >= 0.6 is 23.2 Å². The zero-order chi connectivity index (χ0) is 16.5. The maximum absolute atomic E-state index is 6.12. The lowest BCUT2D eigenvalue weighted by Gasteiger charge is -2.04. The molecular formula is C16H9Cl2N3O3. The molecule has 8 heteroatoms. The molecule has 120 valence electrons. The smallest absolute Gasteiger partial charge is 0.259 e. The third kappa shape index (κ3) is 2.81. The molecule has 0 aliphatic carbocycles. The molecule has 0 unspecified atom stereocenters. The van der Waals surface area contributed by atoms with Gasteiger partial charge in [-0.1, -0.05) is 28.4 Å². The molecule has 6 nitrogen and oxygen atoms in total. The molecule has 4 rings (SSSR count). The molecule has 0 saturated heterocycles. The standard InChI is InChI=1S/C16H9Cl2N3O3/c17-10-4-11-15(12(18)5-10)19-7-20-16(11)24-21-6-9-1-2-13-14(3-9)23-8-22-13/h1-7H,8H2. The van der Waals surface area contributed by atoms with Crippen LogP contribution in [0.5, 0.6) is 17.4 Å². The first-order valence-corrected chi connectivity index (χ1v) is 7.66. The first-order valence-electron chi connectivity index (χ1n) is 6.90. The van der Waals surface area contributed by atoms with Crippen molar-refractivity contribution in [1.29, 1.82) is 0 Å². The molecule has 1 aliphatic rings. The van der Waals surface area contributed by atoms with E-state index >= 15 is 0 Å². The Labute approximate surface area is 146 Å². The van der Waals surface area contributed by atoms with Crippen LogP contribution in [0.2, 0.25) is 10.0 Å². The van der Waals surface area contributed by atoms with Crippen molar-refractivity contribution in [3.05, 3.63) is 52.3 Å². The number of hydrogen-bond donors (Lipinski definition) is 0. The third-order valence-corrected chi connectivity index (χ3v) is 3.86. The lowest BCUT2D eigenvalue weighted by atomic mass is 10.2. The summed E-state index contributed by atoms with van der Waals surface area (Å²) in [4.78, 5) is 13.6. The molecule has 0 bridgehead atoms. The monoisotopic (exact) mass is 361 g/mol. The van der Waals surface area contributed by atoms with Crippen molar-refractivity contribution < 1.29 is 14.3 Å². The van der Waals surface area contributed by atoms with Crippen LogP contribution in [0.1, 0.15) is 5.56 Å². The number of rotatable bonds is 3. The molecule has 0 amide bonds. The number of nitrogens with zero attached hydrogens (tertiary/aromatic N) is 3. The number of halogens is 2. The second kappa shape index (κ2) is 6.14. The van der Waals surface area contributed by atoms with E-state index in [0.717, 1.165) is 5.56 Å². The van der Waals surface area contributed by atoms with Crippen LogP contribution in [-0.2, 0) is 0 Å². The van der Waals surface area contributed by atoms with E-state index in [4.69, 9.17) is 37.5 Å². The highest BCUT2D eigenvalue weighted by Crippen LogP contribution is 2.32. The van der Waals surface area contributed by atoms with Gasteiger partial charge in [-0.05, 0) is 30.3 Å². The first kappa shape index (κ1) is 15.0. The predicted molar refractivity (Wildman–Crippen MR) is 90.3 cm³/mol. The normalized spacial score (nSPS) is 12.9. The maximum atomic E-state index is 6.12. The average Bonchev–Trinajstić information content (AvgIpc) is 3.03. The van der Waals surface area contributed by atoms with Gasteiger partial charge in [0.1, 0.15) is 6.33 Å². The molecule has 1 aliphatic heterocycles. The third-order valence-electron chi connectivity index (χ3n) is 3.36. The summed E-state index contributed by atoms with van der Waals surface area (Å²) in [5.41, 5.74) is 1.35. The van der Waals surface area contributed by atoms with Crippen LogP contribution in [0, 0.1) is 0 Å². The largest absolute Gasteiger partial charge is 0.454 e. The van der Waals surface area contributed by atoms with Gasteiger partial charge in [-0.3, -0.25) is 0 Å². The van der Waals surface area contributed by atoms with Crippen molar-refractivity contribution in [2.45, 2.75) is 0 Å². The minimum Gasteiger partial charge on any atom is -0.454 e. The summed E-state index contributed by atoms with van der Waals surface area (Å²) in [5.74, 6) is 1.64.